The van der Waals surface area contributed by atoms with E-state index in [4.69, 9.17) is 9.47 Å². The number of aromatic nitrogens is 4. The minimum atomic E-state index is -0.243. The first-order valence-corrected chi connectivity index (χ1v) is 9.68. The summed E-state index contributed by atoms with van der Waals surface area (Å²) in [4.78, 5) is 13.6. The molecule has 1 saturated heterocycles. The number of nitrogens with one attached hydrogen (secondary N) is 1. The van der Waals surface area contributed by atoms with Gasteiger partial charge in [0.05, 0.1) is 26.3 Å². The van der Waals surface area contributed by atoms with Crippen LogP contribution in [-0.4, -0.2) is 58.0 Å². The van der Waals surface area contributed by atoms with Crippen molar-refractivity contribution in [3.8, 4) is 5.75 Å². The van der Waals surface area contributed by atoms with Crippen LogP contribution in [0.5, 0.6) is 5.75 Å². The zero-order chi connectivity index (χ0) is 19.9. The van der Waals surface area contributed by atoms with Crippen molar-refractivity contribution >= 4 is 6.09 Å². The Labute approximate surface area is 165 Å². The maximum absolute atomic E-state index is 11.8. The van der Waals surface area contributed by atoms with Gasteiger partial charge in [-0.15, -0.1) is 5.10 Å². The Morgan fingerprint density at radius 1 is 1.29 bits per heavy atom. The van der Waals surface area contributed by atoms with Crippen LogP contribution in [-0.2, 0) is 11.3 Å². The summed E-state index contributed by atoms with van der Waals surface area (Å²) in [5, 5.41) is 15.7. The van der Waals surface area contributed by atoms with E-state index in [0.29, 0.717) is 26.2 Å². The summed E-state index contributed by atoms with van der Waals surface area (Å²) in [7, 11) is 1.66. The van der Waals surface area contributed by atoms with Crippen LogP contribution < -0.4 is 10.1 Å². The fourth-order valence-electron chi connectivity index (χ4n) is 3.37. The van der Waals surface area contributed by atoms with Gasteiger partial charge in [0.25, 0.3) is 0 Å². The Morgan fingerprint density at radius 3 is 2.64 bits per heavy atom. The molecule has 9 nitrogen and oxygen atoms in total. The van der Waals surface area contributed by atoms with Crippen LogP contribution in [0.3, 0.4) is 0 Å². The molecule has 1 fully saturated rings. The number of amides is 1. The second-order valence-corrected chi connectivity index (χ2v) is 6.83. The van der Waals surface area contributed by atoms with Crippen molar-refractivity contribution in [2.75, 3.05) is 26.8 Å². The summed E-state index contributed by atoms with van der Waals surface area (Å²) in [5.41, 5.74) is 1.17. The van der Waals surface area contributed by atoms with E-state index in [0.717, 1.165) is 24.4 Å². The quantitative estimate of drug-likeness (QED) is 0.778. The smallest absolute Gasteiger partial charge is 0.409 e. The van der Waals surface area contributed by atoms with Crippen LogP contribution in [0.2, 0.25) is 0 Å². The second kappa shape index (κ2) is 9.50. The fraction of sp³-hybridized carbons (Fsp3) is 0.579. The molecular weight excluding hydrogens is 360 g/mol. The van der Waals surface area contributed by atoms with E-state index < -0.39 is 0 Å². The largest absolute Gasteiger partial charge is 0.497 e. The summed E-state index contributed by atoms with van der Waals surface area (Å²) in [6, 6.07) is 8.34. The van der Waals surface area contributed by atoms with Gasteiger partial charge in [-0.2, -0.15) is 0 Å². The van der Waals surface area contributed by atoms with Crippen LogP contribution in [0.4, 0.5) is 4.79 Å². The van der Waals surface area contributed by atoms with Crippen molar-refractivity contribution < 1.29 is 14.3 Å². The van der Waals surface area contributed by atoms with Crippen LogP contribution in [0.25, 0.3) is 0 Å². The highest BCUT2D eigenvalue weighted by Gasteiger charge is 2.27. The van der Waals surface area contributed by atoms with E-state index in [1.807, 2.05) is 35.9 Å². The third-order valence-electron chi connectivity index (χ3n) is 5.08. The number of benzene rings is 1. The summed E-state index contributed by atoms with van der Waals surface area (Å²) in [5.74, 6) is 1.64. The summed E-state index contributed by atoms with van der Waals surface area (Å²) < 4.78 is 12.2. The molecule has 0 radical (unpaired) electrons. The van der Waals surface area contributed by atoms with Crippen molar-refractivity contribution in [2.24, 2.45) is 0 Å². The summed E-state index contributed by atoms with van der Waals surface area (Å²) in [6.07, 6.45) is 1.38. The van der Waals surface area contributed by atoms with E-state index in [9.17, 15) is 4.79 Å². The third kappa shape index (κ3) is 4.78. The molecule has 1 unspecified atom stereocenters. The molecule has 2 heterocycles. The molecule has 0 saturated carbocycles. The average Bonchev–Trinajstić information content (AvgIpc) is 3.21. The SMILES string of the molecule is CCOC(=O)N1CCC(n2nnnc2CNC(C)c2ccc(OC)cc2)CC1. The van der Waals surface area contributed by atoms with Crippen molar-refractivity contribution in [1.82, 2.24) is 30.4 Å². The van der Waals surface area contributed by atoms with Crippen LogP contribution in [0.15, 0.2) is 24.3 Å². The molecule has 1 N–H and O–H groups in total. The Hall–Kier alpha value is -2.68. The van der Waals surface area contributed by atoms with Gasteiger partial charge in [-0.3, -0.25) is 0 Å². The van der Waals surface area contributed by atoms with E-state index in [1.54, 1.807) is 12.0 Å². The molecule has 3 rings (SSSR count). The Morgan fingerprint density at radius 2 is 2.00 bits per heavy atom. The van der Waals surface area contributed by atoms with Gasteiger partial charge in [-0.1, -0.05) is 12.1 Å². The van der Waals surface area contributed by atoms with Gasteiger partial charge in [0.15, 0.2) is 5.82 Å². The summed E-state index contributed by atoms with van der Waals surface area (Å²) in [6.45, 7) is 6.19. The summed E-state index contributed by atoms with van der Waals surface area (Å²) >= 11 is 0. The van der Waals surface area contributed by atoms with Crippen LogP contribution in [0, 0.1) is 0 Å². The molecule has 152 valence electrons. The van der Waals surface area contributed by atoms with Crippen LogP contribution in [0.1, 0.15) is 50.2 Å². The van der Waals surface area contributed by atoms with Gasteiger partial charge in [-0.25, -0.2) is 9.48 Å². The predicted octanol–water partition coefficient (Wildman–Crippen LogP) is 2.33. The zero-order valence-corrected chi connectivity index (χ0v) is 16.7. The fourth-order valence-corrected chi connectivity index (χ4v) is 3.37. The number of hydrogen-bond acceptors (Lipinski definition) is 7. The molecule has 1 aromatic heterocycles. The molecule has 0 bridgehead atoms. The van der Waals surface area contributed by atoms with Gasteiger partial charge in [0, 0.05) is 19.1 Å². The molecule has 1 amide bonds. The van der Waals surface area contributed by atoms with E-state index in [1.165, 1.54) is 5.56 Å². The highest BCUT2D eigenvalue weighted by Crippen LogP contribution is 2.23. The predicted molar refractivity (Wildman–Crippen MR) is 103 cm³/mol. The molecular formula is C19H28N6O3. The Balaban J connectivity index is 1.54. The maximum Gasteiger partial charge on any atom is 0.409 e. The standard InChI is InChI=1S/C19H28N6O3/c1-4-28-19(26)24-11-9-16(10-12-24)25-18(21-22-23-25)13-20-14(2)15-5-7-17(27-3)8-6-15/h5-8,14,16,20H,4,9-13H2,1-3H3. The molecule has 1 aromatic carbocycles. The number of tetrazole rings is 1. The number of rotatable bonds is 7. The minimum absolute atomic E-state index is 0.154. The molecule has 1 atom stereocenters. The molecule has 28 heavy (non-hydrogen) atoms. The Kier molecular flexibility index (Phi) is 6.80. The first-order valence-electron chi connectivity index (χ1n) is 9.68. The number of ether oxygens (including phenoxy) is 2. The number of carbonyl (C=O) groups is 1. The highest BCUT2D eigenvalue weighted by molar-refractivity contribution is 5.67. The highest BCUT2D eigenvalue weighted by atomic mass is 16.6. The van der Waals surface area contributed by atoms with E-state index in [2.05, 4.69) is 27.8 Å². The first-order chi connectivity index (χ1) is 13.6. The maximum atomic E-state index is 11.8. The number of nitrogens with zero attached hydrogens (tertiary/aromatic N) is 5. The molecule has 9 heteroatoms. The number of likely N-dealkylation sites (tertiary alicyclic amines) is 1. The zero-order valence-electron chi connectivity index (χ0n) is 16.7. The topological polar surface area (TPSA) is 94.4 Å². The number of carbonyl (C=O) groups excluding carboxylic acids is 1. The lowest BCUT2D eigenvalue weighted by Gasteiger charge is -2.31. The number of hydrogen-bond donors (Lipinski definition) is 1. The number of methoxy groups -OCH3 is 1. The lowest BCUT2D eigenvalue weighted by Crippen LogP contribution is -2.40. The van der Waals surface area contributed by atoms with Crippen molar-refractivity contribution in [3.63, 3.8) is 0 Å². The number of piperidine rings is 1. The third-order valence-corrected chi connectivity index (χ3v) is 5.08. The van der Waals surface area contributed by atoms with Gasteiger partial charge < -0.3 is 19.7 Å². The Bertz CT molecular complexity index is 755. The lowest BCUT2D eigenvalue weighted by atomic mass is 10.1. The van der Waals surface area contributed by atoms with E-state index >= 15 is 0 Å². The van der Waals surface area contributed by atoms with Crippen molar-refractivity contribution in [2.45, 2.75) is 45.3 Å². The van der Waals surface area contributed by atoms with Gasteiger partial charge in [0.2, 0.25) is 0 Å². The minimum Gasteiger partial charge on any atom is -0.497 e. The van der Waals surface area contributed by atoms with Gasteiger partial charge >= 0.3 is 6.09 Å². The normalized spacial score (nSPS) is 16.0. The molecule has 2 aromatic rings. The molecule has 0 aliphatic carbocycles. The molecule has 1 aliphatic heterocycles. The first kappa shape index (κ1) is 20.1. The van der Waals surface area contributed by atoms with Gasteiger partial charge in [0.1, 0.15) is 5.75 Å². The van der Waals surface area contributed by atoms with E-state index in [-0.39, 0.29) is 18.2 Å². The van der Waals surface area contributed by atoms with Crippen molar-refractivity contribution in [3.05, 3.63) is 35.7 Å². The monoisotopic (exact) mass is 388 g/mol. The molecule has 1 aliphatic rings. The van der Waals surface area contributed by atoms with Crippen LogP contribution >= 0.6 is 0 Å². The van der Waals surface area contributed by atoms with Crippen molar-refractivity contribution in [1.29, 1.82) is 0 Å². The average molecular weight is 388 g/mol. The molecule has 0 spiro atoms. The van der Waals surface area contributed by atoms with Gasteiger partial charge in [-0.05, 0) is 54.8 Å². The lowest BCUT2D eigenvalue weighted by molar-refractivity contribution is 0.0910. The second-order valence-electron chi connectivity index (χ2n) is 6.83.